The first-order valence-electron chi connectivity index (χ1n) is 8.92. The summed E-state index contributed by atoms with van der Waals surface area (Å²) in [7, 11) is 0. The van der Waals surface area contributed by atoms with Crippen LogP contribution in [0.2, 0.25) is 0 Å². The van der Waals surface area contributed by atoms with Crippen LogP contribution in [0.25, 0.3) is 16.8 Å². The fourth-order valence-electron chi connectivity index (χ4n) is 2.94. The van der Waals surface area contributed by atoms with Crippen LogP contribution in [0.15, 0.2) is 68.9 Å². The van der Waals surface area contributed by atoms with Crippen LogP contribution in [-0.4, -0.2) is 31.8 Å². The summed E-state index contributed by atoms with van der Waals surface area (Å²) in [4.78, 5) is 40.7. The fraction of sp³-hybridized carbons (Fsp3) is 0.150. The van der Waals surface area contributed by atoms with Crippen LogP contribution >= 0.6 is 0 Å². The van der Waals surface area contributed by atoms with E-state index in [4.69, 9.17) is 4.42 Å². The van der Waals surface area contributed by atoms with Gasteiger partial charge in [-0.25, -0.2) is 14.5 Å². The molecule has 4 rings (SSSR count). The van der Waals surface area contributed by atoms with Gasteiger partial charge in [0.05, 0.1) is 6.54 Å². The zero-order valence-corrected chi connectivity index (χ0v) is 15.5. The second kappa shape index (κ2) is 7.55. The third-order valence-electron chi connectivity index (χ3n) is 4.42. The molecule has 0 spiro atoms. The molecule has 1 N–H and O–H groups in total. The Kier molecular flexibility index (Phi) is 4.78. The molecule has 1 amide bonds. The Morgan fingerprint density at radius 1 is 1.17 bits per heavy atom. The van der Waals surface area contributed by atoms with Gasteiger partial charge >= 0.3 is 5.63 Å². The Morgan fingerprint density at radius 2 is 2.00 bits per heavy atom. The lowest BCUT2D eigenvalue weighted by Crippen LogP contribution is -2.34. The van der Waals surface area contributed by atoms with Gasteiger partial charge in [-0.15, -0.1) is 0 Å². The highest BCUT2D eigenvalue weighted by molar-refractivity contribution is 5.96. The summed E-state index contributed by atoms with van der Waals surface area (Å²) in [6.45, 7) is 2.09. The first-order chi connectivity index (χ1) is 14.0. The highest BCUT2D eigenvalue weighted by atomic mass is 16.4. The molecule has 0 aliphatic heterocycles. The van der Waals surface area contributed by atoms with Gasteiger partial charge in [0.15, 0.2) is 5.82 Å². The molecule has 4 aromatic rings. The summed E-state index contributed by atoms with van der Waals surface area (Å²) >= 11 is 0. The minimum Gasteiger partial charge on any atom is -0.422 e. The number of fused-ring (bicyclic) bond motifs is 1. The number of carbonyl (C=O) groups is 1. The number of benzene rings is 1. The van der Waals surface area contributed by atoms with Crippen molar-refractivity contribution in [1.29, 1.82) is 0 Å². The van der Waals surface area contributed by atoms with Gasteiger partial charge in [-0.1, -0.05) is 18.2 Å². The summed E-state index contributed by atoms with van der Waals surface area (Å²) in [6.07, 6.45) is 3.38. The third kappa shape index (κ3) is 3.70. The number of rotatable bonds is 5. The van der Waals surface area contributed by atoms with Gasteiger partial charge in [0.1, 0.15) is 17.0 Å². The molecule has 0 aliphatic rings. The molecule has 0 atom stereocenters. The van der Waals surface area contributed by atoms with E-state index in [1.54, 1.807) is 47.3 Å². The Hall–Kier alpha value is -4.01. The minimum absolute atomic E-state index is 0.0909. The summed E-state index contributed by atoms with van der Waals surface area (Å²) in [5.74, 6) is 0.708. The predicted molar refractivity (Wildman–Crippen MR) is 105 cm³/mol. The molecule has 0 saturated carbocycles. The van der Waals surface area contributed by atoms with Crippen molar-refractivity contribution in [2.45, 2.75) is 13.5 Å². The topological polar surface area (TPSA) is 112 Å². The van der Waals surface area contributed by atoms with E-state index in [0.29, 0.717) is 16.8 Å². The quantitative estimate of drug-likeness (QED) is 0.513. The number of aryl methyl sites for hydroxylation is 1. The molecule has 9 nitrogen and oxygen atoms in total. The molecule has 3 heterocycles. The molecule has 0 radical (unpaired) electrons. The summed E-state index contributed by atoms with van der Waals surface area (Å²) < 4.78 is 8.17. The van der Waals surface area contributed by atoms with Crippen LogP contribution in [0, 0.1) is 6.92 Å². The summed E-state index contributed by atoms with van der Waals surface area (Å²) in [5.41, 5.74) is -0.691. The van der Waals surface area contributed by atoms with Crippen LogP contribution in [-0.2, 0) is 6.54 Å². The van der Waals surface area contributed by atoms with Crippen molar-refractivity contribution in [3.8, 4) is 5.82 Å². The predicted octanol–water partition coefficient (Wildman–Crippen LogP) is 1.27. The lowest BCUT2D eigenvalue weighted by Gasteiger charge is -2.09. The van der Waals surface area contributed by atoms with Crippen LogP contribution < -0.4 is 16.5 Å². The van der Waals surface area contributed by atoms with Gasteiger partial charge in [0.2, 0.25) is 0 Å². The van der Waals surface area contributed by atoms with Gasteiger partial charge in [-0.3, -0.25) is 14.2 Å². The number of aromatic nitrogens is 4. The molecule has 3 aromatic heterocycles. The van der Waals surface area contributed by atoms with Crippen LogP contribution in [0.1, 0.15) is 16.2 Å². The van der Waals surface area contributed by atoms with Crippen LogP contribution in [0.5, 0.6) is 0 Å². The number of imidazole rings is 1. The Balaban J connectivity index is 1.49. The molecular formula is C20H17N5O4. The van der Waals surface area contributed by atoms with Crippen molar-refractivity contribution in [3.05, 3.63) is 87.0 Å². The maximum absolute atomic E-state index is 12.4. The molecule has 0 fully saturated rings. The lowest BCUT2D eigenvalue weighted by molar-refractivity contribution is 0.0948. The van der Waals surface area contributed by atoms with Crippen molar-refractivity contribution < 1.29 is 9.21 Å². The molecule has 146 valence electrons. The van der Waals surface area contributed by atoms with E-state index in [2.05, 4.69) is 15.4 Å². The van der Waals surface area contributed by atoms with Crippen LogP contribution in [0.4, 0.5) is 0 Å². The molecule has 0 bridgehead atoms. The second-order valence-electron chi connectivity index (χ2n) is 6.34. The second-order valence-corrected chi connectivity index (χ2v) is 6.34. The minimum atomic E-state index is -0.714. The molecule has 0 unspecified atom stereocenters. The van der Waals surface area contributed by atoms with Gasteiger partial charge in [0.25, 0.3) is 11.5 Å². The van der Waals surface area contributed by atoms with Gasteiger partial charge in [-0.05, 0) is 25.1 Å². The SMILES string of the molecule is Cc1nccn1-c1ccc(=O)n(CCNC(=O)c2cc3ccccc3oc2=O)n1. The van der Waals surface area contributed by atoms with E-state index in [1.807, 2.05) is 6.92 Å². The van der Waals surface area contributed by atoms with Crippen molar-refractivity contribution in [3.63, 3.8) is 0 Å². The molecule has 29 heavy (non-hydrogen) atoms. The largest absolute Gasteiger partial charge is 0.422 e. The number of nitrogens with zero attached hydrogens (tertiary/aromatic N) is 4. The third-order valence-corrected chi connectivity index (χ3v) is 4.42. The van der Waals surface area contributed by atoms with Crippen molar-refractivity contribution in [2.75, 3.05) is 6.54 Å². The monoisotopic (exact) mass is 391 g/mol. The van der Waals surface area contributed by atoms with E-state index in [0.717, 1.165) is 5.82 Å². The number of hydrogen-bond donors (Lipinski definition) is 1. The van der Waals surface area contributed by atoms with Crippen molar-refractivity contribution in [1.82, 2.24) is 24.6 Å². The van der Waals surface area contributed by atoms with Gasteiger partial charge in [0, 0.05) is 30.4 Å². The van der Waals surface area contributed by atoms with Crippen LogP contribution in [0.3, 0.4) is 0 Å². The number of para-hydroxylation sites is 1. The van der Waals surface area contributed by atoms with E-state index >= 15 is 0 Å². The van der Waals surface area contributed by atoms with Gasteiger partial charge in [-0.2, -0.15) is 5.10 Å². The van der Waals surface area contributed by atoms with Crippen molar-refractivity contribution in [2.24, 2.45) is 0 Å². The van der Waals surface area contributed by atoms with E-state index in [9.17, 15) is 14.4 Å². The Morgan fingerprint density at radius 3 is 2.79 bits per heavy atom. The standard InChI is InChI=1S/C20H17N5O4/c1-13-21-8-10-24(13)17-6-7-18(26)25(23-17)11-9-22-19(27)15-12-14-4-2-3-5-16(14)29-20(15)28/h2-8,10,12H,9,11H2,1H3,(H,22,27). The highest BCUT2D eigenvalue weighted by Gasteiger charge is 2.13. The average Bonchev–Trinajstić information content (AvgIpc) is 3.14. The Labute approximate surface area is 164 Å². The number of carbonyl (C=O) groups excluding carboxylic acids is 1. The maximum Gasteiger partial charge on any atom is 0.349 e. The molecular weight excluding hydrogens is 374 g/mol. The maximum atomic E-state index is 12.4. The average molecular weight is 391 g/mol. The first kappa shape index (κ1) is 18.4. The summed E-state index contributed by atoms with van der Waals surface area (Å²) in [5, 5.41) is 7.58. The zero-order chi connectivity index (χ0) is 20.4. The number of amides is 1. The van der Waals surface area contributed by atoms with E-state index < -0.39 is 11.5 Å². The lowest BCUT2D eigenvalue weighted by atomic mass is 10.2. The number of nitrogens with one attached hydrogen (secondary N) is 1. The molecule has 0 aliphatic carbocycles. The molecule has 9 heteroatoms. The Bertz CT molecular complexity index is 1320. The van der Waals surface area contributed by atoms with E-state index in [1.165, 1.54) is 16.8 Å². The normalized spacial score (nSPS) is 10.9. The smallest absolute Gasteiger partial charge is 0.349 e. The van der Waals surface area contributed by atoms with Crippen molar-refractivity contribution >= 4 is 16.9 Å². The first-order valence-corrected chi connectivity index (χ1v) is 8.92. The molecule has 1 aromatic carbocycles. The number of hydrogen-bond acceptors (Lipinski definition) is 6. The van der Waals surface area contributed by atoms with Gasteiger partial charge < -0.3 is 9.73 Å². The highest BCUT2D eigenvalue weighted by Crippen LogP contribution is 2.12. The molecule has 0 saturated heterocycles. The zero-order valence-electron chi connectivity index (χ0n) is 15.5. The summed E-state index contributed by atoms with van der Waals surface area (Å²) in [6, 6.07) is 11.4. The van der Waals surface area contributed by atoms with E-state index in [-0.39, 0.29) is 24.2 Å². The fourth-order valence-corrected chi connectivity index (χ4v) is 2.94.